The van der Waals surface area contributed by atoms with Crippen LogP contribution in [0.3, 0.4) is 0 Å². The molecule has 1 aliphatic heterocycles. The van der Waals surface area contributed by atoms with Gasteiger partial charge in [-0.3, -0.25) is 9.78 Å². The van der Waals surface area contributed by atoms with E-state index in [2.05, 4.69) is 10.3 Å². The number of aliphatic hydroxyl groups is 1. The third kappa shape index (κ3) is 3.82. The van der Waals surface area contributed by atoms with E-state index in [1.54, 1.807) is 0 Å². The molecule has 0 aliphatic carbocycles. The van der Waals surface area contributed by atoms with Gasteiger partial charge in [0.2, 0.25) is 5.72 Å². The second kappa shape index (κ2) is 7.27. The zero-order chi connectivity index (χ0) is 22.3. The van der Waals surface area contributed by atoms with E-state index in [0.29, 0.717) is 12.1 Å². The van der Waals surface area contributed by atoms with Crippen molar-refractivity contribution >= 4 is 11.8 Å². The number of pyridine rings is 1. The van der Waals surface area contributed by atoms with Crippen molar-refractivity contribution in [3.8, 4) is 0 Å². The molecule has 1 aromatic heterocycles. The number of hydrogen-bond acceptors (Lipinski definition) is 4. The maximum Gasteiger partial charge on any atom is 0.437 e. The fourth-order valence-electron chi connectivity index (χ4n) is 3.18. The van der Waals surface area contributed by atoms with Gasteiger partial charge in [-0.15, -0.1) is 0 Å². The molecule has 1 aromatic carbocycles. The molecule has 2 amide bonds. The second-order valence-electron chi connectivity index (χ2n) is 6.54. The Labute approximate surface area is 164 Å². The van der Waals surface area contributed by atoms with Crippen LogP contribution in [0.15, 0.2) is 48.8 Å². The van der Waals surface area contributed by atoms with E-state index in [1.165, 1.54) is 17.6 Å². The monoisotopic (exact) mass is 433 g/mol. The quantitative estimate of drug-likeness (QED) is 0.512. The van der Waals surface area contributed by atoms with Crippen molar-refractivity contribution in [3.63, 3.8) is 0 Å². The summed E-state index contributed by atoms with van der Waals surface area (Å²) in [5, 5.41) is 13.8. The summed E-state index contributed by atoms with van der Waals surface area (Å²) in [7, 11) is 0. The first kappa shape index (κ1) is 21.6. The zero-order valence-electron chi connectivity index (χ0n) is 14.8. The minimum atomic E-state index is -5.47. The summed E-state index contributed by atoms with van der Waals surface area (Å²) in [5.74, 6) is -3.57. The van der Waals surface area contributed by atoms with Crippen molar-refractivity contribution < 1.29 is 41.0 Å². The molecule has 0 spiro atoms. The summed E-state index contributed by atoms with van der Waals surface area (Å²) in [6.45, 7) is 0. The molecule has 0 radical (unpaired) electrons. The Kier molecular flexibility index (Phi) is 5.23. The molecule has 30 heavy (non-hydrogen) atoms. The van der Waals surface area contributed by atoms with E-state index < -0.39 is 47.4 Å². The third-order valence-corrected chi connectivity index (χ3v) is 4.63. The Morgan fingerprint density at radius 1 is 1.07 bits per heavy atom. The number of halogens is 6. The van der Waals surface area contributed by atoms with E-state index in [1.807, 2.05) is 0 Å². The molecule has 6 nitrogen and oxygen atoms in total. The summed E-state index contributed by atoms with van der Waals surface area (Å²) < 4.78 is 79.6. The Morgan fingerprint density at radius 2 is 1.70 bits per heavy atom. The lowest BCUT2D eigenvalue weighted by Crippen LogP contribution is -2.72. The van der Waals surface area contributed by atoms with Gasteiger partial charge in [0.25, 0.3) is 0 Å². The summed E-state index contributed by atoms with van der Waals surface area (Å²) >= 11 is 0. The zero-order valence-corrected chi connectivity index (χ0v) is 14.8. The molecule has 1 fully saturated rings. The Morgan fingerprint density at radius 3 is 2.20 bits per heavy atom. The van der Waals surface area contributed by atoms with Crippen LogP contribution in [0, 0.1) is 5.92 Å². The van der Waals surface area contributed by atoms with Crippen LogP contribution in [-0.2, 0) is 6.18 Å². The first-order valence-corrected chi connectivity index (χ1v) is 8.34. The topological polar surface area (TPSA) is 91.3 Å². The lowest BCUT2D eigenvalue weighted by atomic mass is 9.77. The fourth-order valence-corrected chi connectivity index (χ4v) is 3.18. The van der Waals surface area contributed by atoms with Crippen molar-refractivity contribution in [2.75, 3.05) is 0 Å². The van der Waals surface area contributed by atoms with Gasteiger partial charge >= 0.3 is 18.4 Å². The second-order valence-corrected chi connectivity index (χ2v) is 6.54. The molecular weight excluding hydrogens is 420 g/mol. The standard InChI is InChI=1S/C18H13F6N3O3/c19-17(20,21)11-5-3-9(4-6-11)13-12(14(28)10-2-1-7-25-8-10)16(30,18(22,23)24)27-15(29)26-13/h1-8,12-13,30H,(H2,26,27,29)/t12-,13+,16-/m1/s1. The number of ketones is 1. The van der Waals surface area contributed by atoms with Crippen LogP contribution in [0.5, 0.6) is 0 Å². The molecule has 3 rings (SSSR count). The Hall–Kier alpha value is -3.15. The maximum atomic E-state index is 13.7. The number of aromatic nitrogens is 1. The number of carbonyl (C=O) groups is 2. The van der Waals surface area contributed by atoms with Crippen molar-refractivity contribution in [1.29, 1.82) is 0 Å². The van der Waals surface area contributed by atoms with Crippen LogP contribution in [0.4, 0.5) is 31.1 Å². The number of nitrogens with zero attached hydrogens (tertiary/aromatic N) is 1. The average Bonchev–Trinajstić information content (AvgIpc) is 2.66. The van der Waals surface area contributed by atoms with Gasteiger partial charge in [0.05, 0.1) is 11.6 Å². The summed E-state index contributed by atoms with van der Waals surface area (Å²) in [4.78, 5) is 28.4. The molecule has 12 heteroatoms. The highest BCUT2D eigenvalue weighted by atomic mass is 19.4. The van der Waals surface area contributed by atoms with Crippen LogP contribution in [-0.4, -0.2) is 33.8 Å². The van der Waals surface area contributed by atoms with Gasteiger partial charge in [-0.1, -0.05) is 12.1 Å². The fraction of sp³-hybridized carbons (Fsp3) is 0.278. The third-order valence-electron chi connectivity index (χ3n) is 4.63. The van der Waals surface area contributed by atoms with Gasteiger partial charge in [0.1, 0.15) is 5.92 Å². The number of alkyl halides is 6. The van der Waals surface area contributed by atoms with Gasteiger partial charge in [-0.05, 0) is 29.8 Å². The molecule has 3 N–H and O–H groups in total. The van der Waals surface area contributed by atoms with Crippen LogP contribution < -0.4 is 10.6 Å². The number of Topliss-reactive ketones (excluding diaryl/α,β-unsaturated/α-hetero) is 1. The first-order valence-electron chi connectivity index (χ1n) is 8.34. The largest absolute Gasteiger partial charge is 0.437 e. The molecule has 2 heterocycles. The van der Waals surface area contributed by atoms with Crippen molar-refractivity contribution in [1.82, 2.24) is 15.6 Å². The number of rotatable bonds is 3. The Balaban J connectivity index is 2.13. The first-order chi connectivity index (χ1) is 13.8. The van der Waals surface area contributed by atoms with Gasteiger partial charge in [-0.25, -0.2) is 4.79 Å². The van der Waals surface area contributed by atoms with E-state index >= 15 is 0 Å². The van der Waals surface area contributed by atoms with E-state index in [-0.39, 0.29) is 11.1 Å². The minimum Gasteiger partial charge on any atom is -0.363 e. The highest BCUT2D eigenvalue weighted by Crippen LogP contribution is 2.44. The van der Waals surface area contributed by atoms with Crippen LogP contribution in [0.1, 0.15) is 27.5 Å². The molecule has 2 aromatic rings. The number of hydrogen-bond donors (Lipinski definition) is 3. The predicted octanol–water partition coefficient (Wildman–Crippen LogP) is 3.20. The smallest absolute Gasteiger partial charge is 0.363 e. The van der Waals surface area contributed by atoms with Crippen molar-refractivity contribution in [2.45, 2.75) is 24.1 Å². The van der Waals surface area contributed by atoms with Crippen LogP contribution >= 0.6 is 0 Å². The molecule has 3 atom stereocenters. The number of nitrogens with one attached hydrogen (secondary N) is 2. The van der Waals surface area contributed by atoms with E-state index in [9.17, 15) is 41.0 Å². The van der Waals surface area contributed by atoms with Gasteiger partial charge in [-0.2, -0.15) is 26.3 Å². The van der Waals surface area contributed by atoms with Crippen molar-refractivity contribution in [3.05, 3.63) is 65.5 Å². The van der Waals surface area contributed by atoms with Crippen LogP contribution in [0.2, 0.25) is 0 Å². The molecule has 1 saturated heterocycles. The van der Waals surface area contributed by atoms with Crippen LogP contribution in [0.25, 0.3) is 0 Å². The lowest BCUT2D eigenvalue weighted by molar-refractivity contribution is -0.287. The summed E-state index contributed by atoms with van der Waals surface area (Å²) in [6, 6.07) is 2.08. The number of amides is 2. The number of urea groups is 1. The van der Waals surface area contributed by atoms with Gasteiger partial charge in [0, 0.05) is 18.0 Å². The number of benzene rings is 1. The average molecular weight is 433 g/mol. The SMILES string of the molecule is O=C1N[C@@H](c2ccc(C(F)(F)F)cc2)[C@H](C(=O)c2cccnc2)[C@@](O)(C(F)(F)F)N1. The minimum absolute atomic E-state index is 0.234. The molecule has 0 bridgehead atoms. The normalized spacial score (nSPS) is 24.7. The van der Waals surface area contributed by atoms with Crippen molar-refractivity contribution in [2.24, 2.45) is 5.92 Å². The summed E-state index contributed by atoms with van der Waals surface area (Å²) in [5.41, 5.74) is -5.58. The van der Waals surface area contributed by atoms with E-state index in [4.69, 9.17) is 0 Å². The molecular formula is C18H13F6N3O3. The highest BCUT2D eigenvalue weighted by molar-refractivity contribution is 6.00. The molecule has 0 saturated carbocycles. The predicted molar refractivity (Wildman–Crippen MR) is 88.9 cm³/mol. The van der Waals surface area contributed by atoms with Gasteiger partial charge in [0.15, 0.2) is 5.78 Å². The molecule has 1 aliphatic rings. The van der Waals surface area contributed by atoms with E-state index in [0.717, 1.165) is 24.4 Å². The van der Waals surface area contributed by atoms with Gasteiger partial charge < -0.3 is 15.7 Å². The highest BCUT2D eigenvalue weighted by Gasteiger charge is 2.66. The Bertz CT molecular complexity index is 946. The summed E-state index contributed by atoms with van der Waals surface area (Å²) in [6.07, 6.45) is -7.94. The molecule has 160 valence electrons. The maximum absolute atomic E-state index is 13.7. The number of carbonyl (C=O) groups excluding carboxylic acids is 2. The molecule has 0 unspecified atom stereocenters. The lowest BCUT2D eigenvalue weighted by Gasteiger charge is -2.45.